The van der Waals surface area contributed by atoms with Gasteiger partial charge in [0.1, 0.15) is 11.2 Å². The molecule has 9 rings (SSSR count). The molecule has 0 unspecified atom stereocenters. The number of hydrogen-bond donors (Lipinski definition) is 0. The van der Waals surface area contributed by atoms with Crippen molar-refractivity contribution in [3.05, 3.63) is 176 Å². The van der Waals surface area contributed by atoms with Gasteiger partial charge in [-0.2, -0.15) is 0 Å². The van der Waals surface area contributed by atoms with Gasteiger partial charge in [-0.15, -0.1) is 0 Å². The maximum absolute atomic E-state index is 9.53. The first-order valence-corrected chi connectivity index (χ1v) is 15.5. The van der Waals surface area contributed by atoms with E-state index in [1.807, 2.05) is 109 Å². The standard InChI is InChI=1S/C45H29N3O/c1-3-11-30(12-4-1)32-21-23-33(24-22-32)43-46-44(37-17-9-15-34(27-37)31-13-5-2-6-14-31)48-45(47-43)38-18-10-16-35(28-38)36-25-26-40-39-19-7-8-20-41(39)49-42(40)29-36/h1-29H/i7D,8D,10D,16D,18D,19D,20D,25D,26D,28D,29D. The van der Waals surface area contributed by atoms with E-state index >= 15 is 0 Å². The summed E-state index contributed by atoms with van der Waals surface area (Å²) in [5.74, 6) is 0.219. The summed E-state index contributed by atoms with van der Waals surface area (Å²) in [4.78, 5) is 14.4. The molecular formula is C45H29N3O. The van der Waals surface area contributed by atoms with Crippen LogP contribution in [0.15, 0.2) is 180 Å². The Kier molecular flexibility index (Phi) is 4.78. The predicted octanol–water partition coefficient (Wildman–Crippen LogP) is 11.8. The highest BCUT2D eigenvalue weighted by molar-refractivity contribution is 6.05. The molecule has 0 saturated heterocycles. The molecule has 2 heterocycles. The Labute approximate surface area is 299 Å². The quantitative estimate of drug-likeness (QED) is 0.182. The molecule has 0 atom stereocenters. The third kappa shape index (κ3) is 5.56. The average molecular weight is 639 g/mol. The minimum absolute atomic E-state index is 0.172. The van der Waals surface area contributed by atoms with Gasteiger partial charge in [0, 0.05) is 27.5 Å². The lowest BCUT2D eigenvalue weighted by molar-refractivity contribution is 0.669. The van der Waals surface area contributed by atoms with E-state index in [4.69, 9.17) is 31.7 Å². The topological polar surface area (TPSA) is 51.8 Å². The smallest absolute Gasteiger partial charge is 0.164 e. The Morgan fingerprint density at radius 3 is 1.69 bits per heavy atom. The maximum Gasteiger partial charge on any atom is 0.164 e. The lowest BCUT2D eigenvalue weighted by Gasteiger charge is -2.11. The molecule has 0 spiro atoms. The highest BCUT2D eigenvalue weighted by Crippen LogP contribution is 2.34. The van der Waals surface area contributed by atoms with E-state index in [-0.39, 0.29) is 45.0 Å². The van der Waals surface area contributed by atoms with Gasteiger partial charge in [-0.3, -0.25) is 0 Å². The van der Waals surface area contributed by atoms with Crippen LogP contribution in [0.2, 0.25) is 0 Å². The van der Waals surface area contributed by atoms with Crippen molar-refractivity contribution in [2.24, 2.45) is 0 Å². The molecular weight excluding hydrogens is 599 g/mol. The first-order valence-electron chi connectivity index (χ1n) is 21.0. The normalized spacial score (nSPS) is 14.4. The number of rotatable bonds is 6. The molecule has 0 radical (unpaired) electrons. The Bertz CT molecular complexity index is 3210. The summed E-state index contributed by atoms with van der Waals surface area (Å²) in [6.45, 7) is 0. The van der Waals surface area contributed by atoms with Gasteiger partial charge in [0.2, 0.25) is 0 Å². The van der Waals surface area contributed by atoms with Crippen LogP contribution in [0.5, 0.6) is 0 Å². The Morgan fingerprint density at radius 1 is 0.367 bits per heavy atom. The van der Waals surface area contributed by atoms with Gasteiger partial charge in [0.15, 0.2) is 17.5 Å². The van der Waals surface area contributed by atoms with E-state index < -0.39 is 77.6 Å². The summed E-state index contributed by atoms with van der Waals surface area (Å²) >= 11 is 0. The van der Waals surface area contributed by atoms with E-state index in [0.717, 1.165) is 22.3 Å². The molecule has 0 amide bonds. The lowest BCUT2D eigenvalue weighted by atomic mass is 10.0. The predicted molar refractivity (Wildman–Crippen MR) is 200 cm³/mol. The van der Waals surface area contributed by atoms with E-state index in [9.17, 15) is 2.74 Å². The highest BCUT2D eigenvalue weighted by Gasteiger charge is 2.15. The van der Waals surface area contributed by atoms with Crippen LogP contribution in [0.25, 0.3) is 89.5 Å². The average Bonchev–Trinajstić information content (AvgIpc) is 3.69. The van der Waals surface area contributed by atoms with Gasteiger partial charge in [-0.1, -0.05) is 145 Å². The summed E-state index contributed by atoms with van der Waals surface area (Å²) in [6, 6.07) is 28.2. The van der Waals surface area contributed by atoms with E-state index in [1.165, 1.54) is 0 Å². The van der Waals surface area contributed by atoms with Gasteiger partial charge < -0.3 is 4.42 Å². The van der Waals surface area contributed by atoms with Crippen LogP contribution in [-0.4, -0.2) is 15.0 Å². The second-order valence-electron chi connectivity index (χ2n) is 11.2. The van der Waals surface area contributed by atoms with Crippen LogP contribution < -0.4 is 0 Å². The van der Waals surface area contributed by atoms with Gasteiger partial charge in [0.05, 0.1) is 15.1 Å². The molecule has 0 aliphatic heterocycles. The number of furan rings is 1. The zero-order valence-corrected chi connectivity index (χ0v) is 25.6. The molecule has 0 fully saturated rings. The summed E-state index contributed by atoms with van der Waals surface area (Å²) < 4.78 is 103. The van der Waals surface area contributed by atoms with Crippen molar-refractivity contribution in [1.82, 2.24) is 15.0 Å². The highest BCUT2D eigenvalue weighted by atomic mass is 16.3. The Morgan fingerprint density at radius 2 is 0.918 bits per heavy atom. The molecule has 0 saturated carbocycles. The molecule has 0 aliphatic rings. The van der Waals surface area contributed by atoms with Gasteiger partial charge in [-0.05, 0) is 63.6 Å². The third-order valence-electron chi connectivity index (χ3n) is 8.10. The zero-order chi connectivity index (χ0) is 42.1. The fourth-order valence-corrected chi connectivity index (χ4v) is 5.66. The molecule has 7 aromatic carbocycles. The second-order valence-corrected chi connectivity index (χ2v) is 11.2. The monoisotopic (exact) mass is 638 g/mol. The van der Waals surface area contributed by atoms with Crippen molar-refractivity contribution in [1.29, 1.82) is 0 Å². The van der Waals surface area contributed by atoms with Crippen molar-refractivity contribution in [2.75, 3.05) is 0 Å². The number of hydrogen-bond acceptors (Lipinski definition) is 4. The minimum Gasteiger partial charge on any atom is -0.456 e. The summed E-state index contributed by atoms with van der Waals surface area (Å²) in [5, 5.41) is -0.367. The van der Waals surface area contributed by atoms with E-state index in [0.29, 0.717) is 11.1 Å². The third-order valence-corrected chi connectivity index (χ3v) is 8.10. The summed E-state index contributed by atoms with van der Waals surface area (Å²) in [6.07, 6.45) is 0. The van der Waals surface area contributed by atoms with Gasteiger partial charge in [-0.25, -0.2) is 15.0 Å². The molecule has 0 N–H and O–H groups in total. The van der Waals surface area contributed by atoms with Crippen LogP contribution in [0.1, 0.15) is 15.1 Å². The number of fused-ring (bicyclic) bond motifs is 3. The van der Waals surface area contributed by atoms with Crippen molar-refractivity contribution in [3.8, 4) is 67.5 Å². The van der Waals surface area contributed by atoms with Gasteiger partial charge >= 0.3 is 0 Å². The molecule has 4 heteroatoms. The molecule has 0 bridgehead atoms. The van der Waals surface area contributed by atoms with Gasteiger partial charge in [0.25, 0.3) is 0 Å². The Hall–Kier alpha value is -6.65. The molecule has 4 nitrogen and oxygen atoms in total. The molecule has 230 valence electrons. The molecule has 9 aromatic rings. The van der Waals surface area contributed by atoms with Crippen molar-refractivity contribution < 1.29 is 19.5 Å². The molecule has 2 aromatic heterocycles. The number of aromatic nitrogens is 3. The fraction of sp³-hybridized carbons (Fsp3) is 0. The number of benzene rings is 7. The maximum atomic E-state index is 9.53. The summed E-state index contributed by atoms with van der Waals surface area (Å²) in [7, 11) is 0. The fourth-order valence-electron chi connectivity index (χ4n) is 5.66. The van der Waals surface area contributed by atoms with Crippen LogP contribution in [-0.2, 0) is 0 Å². The largest absolute Gasteiger partial charge is 0.456 e. The minimum atomic E-state index is -0.656. The van der Waals surface area contributed by atoms with E-state index in [2.05, 4.69) is 0 Å². The number of nitrogens with zero attached hydrogens (tertiary/aromatic N) is 3. The number of para-hydroxylation sites is 1. The van der Waals surface area contributed by atoms with Crippen LogP contribution in [0.4, 0.5) is 0 Å². The SMILES string of the molecule is [2H]c1c([2H])c(-c2nc(-c3ccc(-c4ccccc4)cc3)nc(-c3cccc(-c4ccccc4)c3)n2)c([2H])c(-c2c([2H])c([2H])c3c(oc4c([2H])c([2H])c([2H])c([2H])c43)c2[2H])c1[2H]. The second kappa shape index (κ2) is 12.2. The summed E-state index contributed by atoms with van der Waals surface area (Å²) in [5.41, 5.74) is 3.19. The zero-order valence-electron chi connectivity index (χ0n) is 36.6. The first-order chi connectivity index (χ1) is 28.8. The Balaban J connectivity index is 1.29. The van der Waals surface area contributed by atoms with Crippen molar-refractivity contribution in [2.45, 2.75) is 0 Å². The van der Waals surface area contributed by atoms with Crippen LogP contribution >= 0.6 is 0 Å². The van der Waals surface area contributed by atoms with Crippen LogP contribution in [0, 0.1) is 0 Å². The lowest BCUT2D eigenvalue weighted by Crippen LogP contribution is -2.00. The van der Waals surface area contributed by atoms with Crippen LogP contribution in [0.3, 0.4) is 0 Å². The molecule has 49 heavy (non-hydrogen) atoms. The van der Waals surface area contributed by atoms with E-state index in [1.54, 1.807) is 0 Å². The van der Waals surface area contributed by atoms with Crippen molar-refractivity contribution in [3.63, 3.8) is 0 Å². The first kappa shape index (κ1) is 19.2. The molecule has 0 aliphatic carbocycles. The van der Waals surface area contributed by atoms with Crippen molar-refractivity contribution >= 4 is 21.9 Å².